The first-order valence-electron chi connectivity index (χ1n) is 9.86. The molecule has 30 heavy (non-hydrogen) atoms. The van der Waals surface area contributed by atoms with E-state index in [2.05, 4.69) is 38.5 Å². The van der Waals surface area contributed by atoms with Gasteiger partial charge in [0.25, 0.3) is 5.91 Å². The lowest BCUT2D eigenvalue weighted by atomic mass is 10.1. The number of hydrogen-bond donors (Lipinski definition) is 3. The number of amides is 1. The monoisotopic (exact) mass is 421 g/mol. The third kappa shape index (κ3) is 4.60. The van der Waals surface area contributed by atoms with Crippen LogP contribution >= 0.6 is 12.2 Å². The van der Waals surface area contributed by atoms with E-state index in [1.54, 1.807) is 12.3 Å². The van der Waals surface area contributed by atoms with Crippen molar-refractivity contribution in [1.82, 2.24) is 20.2 Å². The minimum atomic E-state index is -0.201. The molecule has 4 N–H and O–H groups in total. The van der Waals surface area contributed by atoms with E-state index < -0.39 is 0 Å². The number of rotatable bonds is 8. The molecule has 1 saturated heterocycles. The molecule has 0 aliphatic carbocycles. The molecular weight excluding hydrogens is 398 g/mol. The average molecular weight is 422 g/mol. The van der Waals surface area contributed by atoms with Crippen molar-refractivity contribution in [1.29, 1.82) is 0 Å². The van der Waals surface area contributed by atoms with Crippen LogP contribution in [-0.2, 0) is 11.3 Å². The molecule has 2 aromatic heterocycles. The summed E-state index contributed by atoms with van der Waals surface area (Å²) in [7, 11) is 0. The molecule has 0 saturated carbocycles. The maximum Gasteiger partial charge on any atom is 0.273 e. The van der Waals surface area contributed by atoms with Crippen LogP contribution in [-0.4, -0.2) is 27.2 Å². The Balaban J connectivity index is 1.36. The molecule has 4 rings (SSSR count). The fraction of sp³-hybridized carbons (Fsp3) is 0.227. The normalized spacial score (nSPS) is 14.9. The van der Waals surface area contributed by atoms with Gasteiger partial charge in [-0.15, -0.1) is 0 Å². The number of fused-ring (bicyclic) bond motifs is 1. The lowest BCUT2D eigenvalue weighted by Gasteiger charge is -2.07. The predicted molar refractivity (Wildman–Crippen MR) is 122 cm³/mol. The Morgan fingerprint density at radius 3 is 2.83 bits per heavy atom. The summed E-state index contributed by atoms with van der Waals surface area (Å²) in [6.07, 6.45) is 8.61. The summed E-state index contributed by atoms with van der Waals surface area (Å²) in [5, 5.41) is 6.95. The molecular formula is C22H23N5O2S. The summed E-state index contributed by atoms with van der Waals surface area (Å²) in [6.45, 7) is 1.54. The number of carbonyl (C=O) groups excluding carboxylic acids is 1. The molecule has 3 aromatic rings. The van der Waals surface area contributed by atoms with E-state index in [0.717, 1.165) is 48.0 Å². The molecule has 0 unspecified atom stereocenters. The maximum absolute atomic E-state index is 12.0. The van der Waals surface area contributed by atoms with Gasteiger partial charge >= 0.3 is 0 Å². The van der Waals surface area contributed by atoms with Gasteiger partial charge in [-0.2, -0.15) is 0 Å². The van der Waals surface area contributed by atoms with Crippen LogP contribution in [0.3, 0.4) is 0 Å². The van der Waals surface area contributed by atoms with E-state index in [9.17, 15) is 4.79 Å². The van der Waals surface area contributed by atoms with Gasteiger partial charge in [-0.25, -0.2) is 4.98 Å². The van der Waals surface area contributed by atoms with Crippen molar-refractivity contribution in [3.8, 4) is 5.75 Å². The van der Waals surface area contributed by atoms with Gasteiger partial charge in [-0.3, -0.25) is 10.1 Å². The molecule has 1 aliphatic rings. The molecule has 154 valence electrons. The third-order valence-electron chi connectivity index (χ3n) is 4.90. The zero-order valence-corrected chi connectivity index (χ0v) is 17.2. The smallest absolute Gasteiger partial charge is 0.273 e. The fourth-order valence-electron chi connectivity index (χ4n) is 3.48. The third-order valence-corrected chi connectivity index (χ3v) is 5.11. The Labute approximate surface area is 179 Å². The Morgan fingerprint density at radius 1 is 1.17 bits per heavy atom. The number of ether oxygens (including phenoxy) is 1. The standard InChI is InChI=1S/C22H23N5O2S/c23-20-13-16(8-9-24-20)29-11-5-1-4-10-27-14-15(17-6-2-3-7-19(17)27)12-18-21(28)26-22(30)25-18/h2-3,6-9,12-14H,1,4-5,10-11H2,(H2,23,24)(H2,25,26,28,30)/b18-12-. The summed E-state index contributed by atoms with van der Waals surface area (Å²) in [4.78, 5) is 15.9. The number of thiocarbonyl (C=S) groups is 1. The number of benzene rings is 1. The fourth-order valence-corrected chi connectivity index (χ4v) is 3.68. The van der Waals surface area contributed by atoms with E-state index in [0.29, 0.717) is 23.2 Å². The number of pyridine rings is 1. The minimum absolute atomic E-state index is 0.201. The zero-order chi connectivity index (χ0) is 20.9. The van der Waals surface area contributed by atoms with Crippen molar-refractivity contribution < 1.29 is 9.53 Å². The lowest BCUT2D eigenvalue weighted by molar-refractivity contribution is -0.115. The minimum Gasteiger partial charge on any atom is -0.493 e. The molecule has 1 aliphatic heterocycles. The zero-order valence-electron chi connectivity index (χ0n) is 16.4. The Kier molecular flexibility index (Phi) is 5.94. The number of aryl methyl sites for hydroxylation is 1. The summed E-state index contributed by atoms with van der Waals surface area (Å²) >= 11 is 5.01. The average Bonchev–Trinajstić information content (AvgIpc) is 3.24. The Hall–Kier alpha value is -3.39. The molecule has 7 nitrogen and oxygen atoms in total. The number of nitrogens with one attached hydrogen (secondary N) is 2. The SMILES string of the molecule is Nc1cc(OCCCCCn2cc(/C=C3\NC(=S)NC3=O)c3ccccc32)ccn1. The second-order valence-electron chi connectivity index (χ2n) is 7.09. The molecule has 8 heteroatoms. The first-order chi connectivity index (χ1) is 14.6. The summed E-state index contributed by atoms with van der Waals surface area (Å²) < 4.78 is 7.95. The largest absolute Gasteiger partial charge is 0.493 e. The van der Waals surface area contributed by atoms with Gasteiger partial charge in [0, 0.05) is 41.5 Å². The maximum atomic E-state index is 12.0. The highest BCUT2D eigenvalue weighted by Crippen LogP contribution is 2.24. The number of nitrogen functional groups attached to an aromatic ring is 1. The van der Waals surface area contributed by atoms with E-state index >= 15 is 0 Å². The Bertz CT molecular complexity index is 1120. The van der Waals surface area contributed by atoms with Crippen LogP contribution in [0.5, 0.6) is 5.75 Å². The first kappa shape index (κ1) is 19.9. The van der Waals surface area contributed by atoms with Crippen molar-refractivity contribution in [2.75, 3.05) is 12.3 Å². The van der Waals surface area contributed by atoms with E-state index in [1.165, 1.54) is 0 Å². The van der Waals surface area contributed by atoms with Crippen molar-refractivity contribution in [2.24, 2.45) is 0 Å². The highest BCUT2D eigenvalue weighted by molar-refractivity contribution is 7.80. The van der Waals surface area contributed by atoms with Gasteiger partial charge in [0.1, 0.15) is 17.3 Å². The van der Waals surface area contributed by atoms with E-state index in [-0.39, 0.29) is 5.91 Å². The van der Waals surface area contributed by atoms with Crippen LogP contribution < -0.4 is 21.1 Å². The van der Waals surface area contributed by atoms with Crippen LogP contribution in [0.2, 0.25) is 0 Å². The van der Waals surface area contributed by atoms with Crippen LogP contribution in [0.15, 0.2) is 54.5 Å². The lowest BCUT2D eigenvalue weighted by Crippen LogP contribution is -2.21. The van der Waals surface area contributed by atoms with Crippen molar-refractivity contribution in [3.05, 3.63) is 60.1 Å². The van der Waals surface area contributed by atoms with Gasteiger partial charge in [0.05, 0.1) is 6.61 Å². The van der Waals surface area contributed by atoms with Crippen LogP contribution in [0.4, 0.5) is 5.82 Å². The van der Waals surface area contributed by atoms with E-state index in [1.807, 2.05) is 24.3 Å². The molecule has 0 atom stereocenters. The topological polar surface area (TPSA) is 94.2 Å². The molecule has 1 aromatic carbocycles. The second-order valence-corrected chi connectivity index (χ2v) is 7.50. The van der Waals surface area contributed by atoms with Gasteiger partial charge < -0.3 is 20.4 Å². The quantitative estimate of drug-likeness (QED) is 0.294. The van der Waals surface area contributed by atoms with Crippen molar-refractivity contribution in [2.45, 2.75) is 25.8 Å². The van der Waals surface area contributed by atoms with E-state index in [4.69, 9.17) is 22.7 Å². The number of hydrogen-bond acceptors (Lipinski definition) is 5. The van der Waals surface area contributed by atoms with Crippen LogP contribution in [0.1, 0.15) is 24.8 Å². The summed E-state index contributed by atoms with van der Waals surface area (Å²) in [5.41, 5.74) is 8.27. The van der Waals surface area contributed by atoms with Gasteiger partial charge in [-0.05, 0) is 49.7 Å². The number of para-hydroxylation sites is 1. The Morgan fingerprint density at radius 2 is 2.03 bits per heavy atom. The molecule has 0 bridgehead atoms. The van der Waals surface area contributed by atoms with Crippen LogP contribution in [0.25, 0.3) is 17.0 Å². The van der Waals surface area contributed by atoms with Crippen LogP contribution in [0, 0.1) is 0 Å². The summed E-state index contributed by atoms with van der Waals surface area (Å²) in [5.74, 6) is 1.01. The molecule has 0 spiro atoms. The number of unbranched alkanes of at least 4 members (excludes halogenated alkanes) is 2. The number of nitrogens with zero attached hydrogens (tertiary/aromatic N) is 2. The molecule has 0 radical (unpaired) electrons. The van der Waals surface area contributed by atoms with Gasteiger partial charge in [0.2, 0.25) is 0 Å². The molecule has 1 amide bonds. The highest BCUT2D eigenvalue weighted by Gasteiger charge is 2.20. The van der Waals surface area contributed by atoms with Gasteiger partial charge in [0.15, 0.2) is 5.11 Å². The molecule has 3 heterocycles. The highest BCUT2D eigenvalue weighted by atomic mass is 32.1. The number of carbonyl (C=O) groups is 1. The summed E-state index contributed by atoms with van der Waals surface area (Å²) in [6, 6.07) is 11.7. The molecule has 1 fully saturated rings. The number of aromatic nitrogens is 2. The van der Waals surface area contributed by atoms with Crippen molar-refractivity contribution in [3.63, 3.8) is 0 Å². The number of anilines is 1. The first-order valence-corrected chi connectivity index (χ1v) is 10.3. The number of nitrogens with two attached hydrogens (primary N) is 1. The second kappa shape index (κ2) is 8.96. The van der Waals surface area contributed by atoms with Gasteiger partial charge in [-0.1, -0.05) is 18.2 Å². The predicted octanol–water partition coefficient (Wildman–Crippen LogP) is 3.21. The van der Waals surface area contributed by atoms with Crippen molar-refractivity contribution >= 4 is 46.0 Å².